The van der Waals surface area contributed by atoms with Crippen LogP contribution in [0.2, 0.25) is 0 Å². The van der Waals surface area contributed by atoms with Crippen molar-refractivity contribution < 1.29 is 9.59 Å². The second-order valence-corrected chi connectivity index (χ2v) is 8.74. The molecule has 0 bridgehead atoms. The van der Waals surface area contributed by atoms with Crippen LogP contribution in [-0.2, 0) is 17.8 Å². The van der Waals surface area contributed by atoms with Crippen molar-refractivity contribution in [1.82, 2.24) is 4.90 Å². The maximum Gasteiger partial charge on any atom is 0.268 e. The highest BCUT2D eigenvalue weighted by Gasteiger charge is 2.21. The quantitative estimate of drug-likeness (QED) is 0.561. The van der Waals surface area contributed by atoms with Gasteiger partial charge >= 0.3 is 0 Å². The monoisotopic (exact) mass is 418 g/mol. The molecule has 2 aromatic carbocycles. The first kappa shape index (κ1) is 20.4. The van der Waals surface area contributed by atoms with E-state index in [4.69, 9.17) is 0 Å². The van der Waals surface area contributed by atoms with Crippen LogP contribution in [0.3, 0.4) is 0 Å². The van der Waals surface area contributed by atoms with Gasteiger partial charge in [-0.1, -0.05) is 48.0 Å². The van der Waals surface area contributed by atoms with E-state index in [1.54, 1.807) is 0 Å². The number of benzene rings is 2. The van der Waals surface area contributed by atoms with E-state index in [-0.39, 0.29) is 11.8 Å². The summed E-state index contributed by atoms with van der Waals surface area (Å²) in [4.78, 5) is 30.1. The van der Waals surface area contributed by atoms with Crippen molar-refractivity contribution in [1.29, 1.82) is 0 Å². The molecule has 1 saturated heterocycles. The molecule has 30 heavy (non-hydrogen) atoms. The Balaban J connectivity index is 1.55. The van der Waals surface area contributed by atoms with Crippen LogP contribution >= 0.6 is 11.3 Å². The van der Waals surface area contributed by atoms with Gasteiger partial charge in [0.1, 0.15) is 0 Å². The number of rotatable bonds is 6. The lowest BCUT2D eigenvalue weighted by Crippen LogP contribution is -2.30. The van der Waals surface area contributed by atoms with Crippen LogP contribution in [0, 0.1) is 6.92 Å². The Kier molecular flexibility index (Phi) is 6.29. The third-order valence-electron chi connectivity index (χ3n) is 5.46. The van der Waals surface area contributed by atoms with Crippen molar-refractivity contribution in [3.05, 3.63) is 87.6 Å². The molecule has 0 aliphatic carbocycles. The average Bonchev–Trinajstić information content (AvgIpc) is 3.46. The Morgan fingerprint density at radius 2 is 1.73 bits per heavy atom. The highest BCUT2D eigenvalue weighted by molar-refractivity contribution is 7.12. The van der Waals surface area contributed by atoms with E-state index in [1.807, 2.05) is 63.7 Å². The molecule has 154 valence electrons. The lowest BCUT2D eigenvalue weighted by Gasteiger charge is -2.23. The number of aryl methyl sites for hydroxylation is 1. The predicted molar refractivity (Wildman–Crippen MR) is 122 cm³/mol. The van der Waals surface area contributed by atoms with Crippen LogP contribution in [0.5, 0.6) is 0 Å². The fraction of sp³-hybridized carbons (Fsp3) is 0.280. The number of amides is 2. The molecule has 0 radical (unpaired) electrons. The normalized spacial score (nSPS) is 13.4. The van der Waals surface area contributed by atoms with E-state index < -0.39 is 0 Å². The smallest absolute Gasteiger partial charge is 0.268 e. The number of hydrogen-bond acceptors (Lipinski definition) is 3. The second-order valence-electron chi connectivity index (χ2n) is 7.79. The van der Waals surface area contributed by atoms with Gasteiger partial charge in [0.15, 0.2) is 0 Å². The van der Waals surface area contributed by atoms with E-state index in [0.717, 1.165) is 47.6 Å². The highest BCUT2D eigenvalue weighted by atomic mass is 32.1. The molecule has 0 saturated carbocycles. The van der Waals surface area contributed by atoms with Gasteiger partial charge < -0.3 is 9.80 Å². The van der Waals surface area contributed by atoms with Crippen molar-refractivity contribution in [2.45, 2.75) is 32.7 Å². The molecule has 0 atom stereocenters. The molecule has 0 unspecified atom stereocenters. The van der Waals surface area contributed by atoms with Gasteiger partial charge in [-0.3, -0.25) is 9.59 Å². The fourth-order valence-corrected chi connectivity index (χ4v) is 4.53. The molecule has 5 heteroatoms. The first-order valence-corrected chi connectivity index (χ1v) is 11.3. The third-order valence-corrected chi connectivity index (χ3v) is 6.32. The lowest BCUT2D eigenvalue weighted by atomic mass is 10.1. The predicted octanol–water partition coefficient (Wildman–Crippen LogP) is 5.07. The van der Waals surface area contributed by atoms with Gasteiger partial charge in [-0.15, -0.1) is 11.3 Å². The Hall–Kier alpha value is -2.92. The molecule has 1 aliphatic heterocycles. The van der Waals surface area contributed by atoms with Gasteiger partial charge in [0.2, 0.25) is 5.91 Å². The van der Waals surface area contributed by atoms with Gasteiger partial charge in [0, 0.05) is 18.8 Å². The molecule has 2 heterocycles. The Labute approximate surface area is 181 Å². The first-order valence-electron chi connectivity index (χ1n) is 10.4. The number of thiophene rings is 1. The molecule has 4 nitrogen and oxygen atoms in total. The zero-order valence-corrected chi connectivity index (χ0v) is 18.0. The van der Waals surface area contributed by atoms with Crippen LogP contribution in [0.15, 0.2) is 66.0 Å². The van der Waals surface area contributed by atoms with Crippen LogP contribution in [-0.4, -0.2) is 29.8 Å². The maximum absolute atomic E-state index is 13.2. The van der Waals surface area contributed by atoms with E-state index in [9.17, 15) is 9.59 Å². The summed E-state index contributed by atoms with van der Waals surface area (Å²) in [5.74, 6) is 0.180. The second kappa shape index (κ2) is 9.26. The number of anilines is 1. The number of nitrogens with zero attached hydrogens (tertiary/aromatic N) is 2. The summed E-state index contributed by atoms with van der Waals surface area (Å²) in [6, 6.07) is 19.8. The third kappa shape index (κ3) is 4.79. The zero-order valence-electron chi connectivity index (χ0n) is 17.2. The van der Waals surface area contributed by atoms with Gasteiger partial charge in [-0.05, 0) is 54.5 Å². The first-order chi connectivity index (χ1) is 14.6. The minimum Gasteiger partial charge on any atom is -0.342 e. The summed E-state index contributed by atoms with van der Waals surface area (Å²) >= 11 is 1.45. The Morgan fingerprint density at radius 1 is 0.967 bits per heavy atom. The molecule has 1 fully saturated rings. The largest absolute Gasteiger partial charge is 0.342 e. The lowest BCUT2D eigenvalue weighted by molar-refractivity contribution is -0.129. The maximum atomic E-state index is 13.2. The Morgan fingerprint density at radius 3 is 2.40 bits per heavy atom. The van der Waals surface area contributed by atoms with Crippen LogP contribution in [0.1, 0.15) is 39.2 Å². The van der Waals surface area contributed by atoms with Gasteiger partial charge in [0.25, 0.3) is 5.91 Å². The van der Waals surface area contributed by atoms with Gasteiger partial charge in [0.05, 0.1) is 17.8 Å². The molecule has 3 aromatic rings. The van der Waals surface area contributed by atoms with E-state index in [1.165, 1.54) is 16.9 Å². The van der Waals surface area contributed by atoms with E-state index in [2.05, 4.69) is 19.1 Å². The van der Waals surface area contributed by atoms with Crippen molar-refractivity contribution >= 4 is 28.8 Å². The fourth-order valence-electron chi connectivity index (χ4n) is 3.85. The standard InChI is InChI=1S/C25H26N2O2S/c1-19-6-4-7-21(16-19)18-27(25(29)23-8-5-15-30-23)22-11-9-20(10-12-22)17-24(28)26-13-2-3-14-26/h4-12,15-16H,2-3,13-14,17-18H2,1H3. The minimum atomic E-state index is -0.00704. The summed E-state index contributed by atoms with van der Waals surface area (Å²) in [5, 5.41) is 1.92. The van der Waals surface area contributed by atoms with Crippen LogP contribution in [0.4, 0.5) is 5.69 Å². The van der Waals surface area contributed by atoms with Crippen LogP contribution in [0.25, 0.3) is 0 Å². The molecule has 4 rings (SSSR count). The number of hydrogen-bond donors (Lipinski definition) is 0. The average molecular weight is 419 g/mol. The molecule has 0 spiro atoms. The molecule has 1 aliphatic rings. The molecular formula is C25H26N2O2S. The van der Waals surface area contributed by atoms with Gasteiger partial charge in [-0.2, -0.15) is 0 Å². The van der Waals surface area contributed by atoms with E-state index in [0.29, 0.717) is 13.0 Å². The summed E-state index contributed by atoms with van der Waals surface area (Å²) in [6.07, 6.45) is 2.61. The molecule has 2 amide bonds. The van der Waals surface area contributed by atoms with Crippen molar-refractivity contribution in [2.75, 3.05) is 18.0 Å². The minimum absolute atomic E-state index is 0.00704. The Bertz CT molecular complexity index is 1010. The summed E-state index contributed by atoms with van der Waals surface area (Å²) in [7, 11) is 0. The number of likely N-dealkylation sites (tertiary alicyclic amines) is 1. The summed E-state index contributed by atoms with van der Waals surface area (Å²) < 4.78 is 0. The number of carbonyl (C=O) groups excluding carboxylic acids is 2. The van der Waals surface area contributed by atoms with Crippen LogP contribution < -0.4 is 4.90 Å². The topological polar surface area (TPSA) is 40.6 Å². The van der Waals surface area contributed by atoms with Gasteiger partial charge in [-0.25, -0.2) is 0 Å². The van der Waals surface area contributed by atoms with E-state index >= 15 is 0 Å². The highest BCUT2D eigenvalue weighted by Crippen LogP contribution is 2.24. The zero-order chi connectivity index (χ0) is 20.9. The van der Waals surface area contributed by atoms with Crippen molar-refractivity contribution in [3.63, 3.8) is 0 Å². The number of carbonyl (C=O) groups is 2. The summed E-state index contributed by atoms with van der Waals surface area (Å²) in [5.41, 5.74) is 4.09. The molecule has 1 aromatic heterocycles. The summed E-state index contributed by atoms with van der Waals surface area (Å²) in [6.45, 7) is 4.30. The van der Waals surface area contributed by atoms with Crippen molar-refractivity contribution in [3.8, 4) is 0 Å². The SMILES string of the molecule is Cc1cccc(CN(C(=O)c2cccs2)c2ccc(CC(=O)N3CCCC3)cc2)c1. The molecule has 0 N–H and O–H groups in total. The molecular weight excluding hydrogens is 392 g/mol. The van der Waals surface area contributed by atoms with Crippen molar-refractivity contribution in [2.24, 2.45) is 0 Å².